The predicted molar refractivity (Wildman–Crippen MR) is 335 cm³/mol. The minimum atomic E-state index is 0.809. The molecule has 0 unspecified atom stereocenters. The highest BCUT2D eigenvalue weighted by molar-refractivity contribution is 6.13. The summed E-state index contributed by atoms with van der Waals surface area (Å²) in [4.78, 5) is 0. The Morgan fingerprint density at radius 1 is 0.405 bits per heavy atom. The molecule has 10 aromatic carbocycles. The third-order valence-corrected chi connectivity index (χ3v) is 16.8. The molecule has 12 aromatic rings. The molecule has 2 aromatic heterocycles. The minimum absolute atomic E-state index is 0.809. The third kappa shape index (κ3) is 8.27. The van der Waals surface area contributed by atoms with Crippen LogP contribution >= 0.6 is 0 Å². The van der Waals surface area contributed by atoms with Crippen LogP contribution in [0.4, 0.5) is 0 Å². The van der Waals surface area contributed by atoms with Gasteiger partial charge in [-0.05, 0) is 170 Å². The Kier molecular flexibility index (Phi) is 11.6. The molecule has 15 rings (SSSR count). The second-order valence-electron chi connectivity index (χ2n) is 21.4. The normalized spacial score (nSPS) is 14.3. The lowest BCUT2D eigenvalue weighted by Crippen LogP contribution is -1.98. The zero-order chi connectivity index (χ0) is 52.2. The highest BCUT2D eigenvalue weighted by Gasteiger charge is 2.23. The maximum atomic E-state index is 2.49. The van der Waals surface area contributed by atoms with E-state index < -0.39 is 0 Å². The average molecular weight is 1010 g/mol. The van der Waals surface area contributed by atoms with Crippen molar-refractivity contribution in [3.8, 4) is 39.1 Å². The molecule has 3 aliphatic rings. The summed E-state index contributed by atoms with van der Waals surface area (Å²) in [6, 6.07) is 87.7. The maximum Gasteiger partial charge on any atom is 0.0542 e. The zero-order valence-corrected chi connectivity index (χ0v) is 44.0. The standard InChI is InChI=1S/C77H56N2/c1-2-20-54(21-3-1)63-28-12-13-30-65(63)58-24-5-4-22-56(48-58)53-39-41-55(42-40-53)64-29-14-15-33-68(64)66-31-10-7-23-57(66)46-52-38-44-76-72(47-52)69-34-16-18-36-74(69)79(76)62-43-45-77-73(51-62)70-35-17-19-37-75(70)78(77)61-27-9-6-26-60-49-59-25-8-11-32-67(59)71(60)50-61/h1-5,7-21,23-25,27-45,47-48,50-51H,6,22,26,46,49H2. The van der Waals surface area contributed by atoms with Crippen LogP contribution in [0.3, 0.4) is 0 Å². The fraction of sp³-hybridized carbons (Fsp3) is 0.0649. The summed E-state index contributed by atoms with van der Waals surface area (Å²) in [6.45, 7) is 0. The Labute approximate surface area is 461 Å². The lowest BCUT2D eigenvalue weighted by Gasteiger charge is -2.16. The second kappa shape index (κ2) is 19.7. The third-order valence-electron chi connectivity index (χ3n) is 16.8. The topological polar surface area (TPSA) is 9.86 Å². The lowest BCUT2D eigenvalue weighted by atomic mass is 9.88. The van der Waals surface area contributed by atoms with Crippen LogP contribution in [-0.4, -0.2) is 9.13 Å². The molecule has 0 bridgehead atoms. The molecule has 0 saturated carbocycles. The number of fused-ring (bicyclic) bond motifs is 8. The van der Waals surface area contributed by atoms with Crippen molar-refractivity contribution in [1.29, 1.82) is 0 Å². The SMILES string of the molecule is C1=CCC(c2ccc(-c3ccccc3-c3ccccc3Cc3ccc4c(c3)c3ccccc3n4-c3ccc4c(c3)c3ccccc3n4C3=CC4=C(CCC=C3)Cc3ccccc34)cc2)=CC(c2ccccc2-c2ccccc2)=C1. The fourth-order valence-corrected chi connectivity index (χ4v) is 13.1. The van der Waals surface area contributed by atoms with Gasteiger partial charge in [-0.1, -0.05) is 230 Å². The van der Waals surface area contributed by atoms with Crippen molar-refractivity contribution < 1.29 is 0 Å². The van der Waals surface area contributed by atoms with E-state index in [2.05, 4.69) is 288 Å². The van der Waals surface area contributed by atoms with Crippen molar-refractivity contribution in [3.63, 3.8) is 0 Å². The molecule has 0 spiro atoms. The van der Waals surface area contributed by atoms with Gasteiger partial charge in [-0.15, -0.1) is 0 Å². The summed E-state index contributed by atoms with van der Waals surface area (Å²) in [7, 11) is 0. The molecule has 0 aliphatic heterocycles. The molecule has 3 aliphatic carbocycles. The highest BCUT2D eigenvalue weighted by Crippen LogP contribution is 2.43. The van der Waals surface area contributed by atoms with Gasteiger partial charge in [0.25, 0.3) is 0 Å². The number of hydrogen-bond donors (Lipinski definition) is 0. The quantitative estimate of drug-likeness (QED) is 0.136. The number of allylic oxidation sites excluding steroid dienone is 12. The molecule has 2 heteroatoms. The Morgan fingerprint density at radius 2 is 1.00 bits per heavy atom. The summed E-state index contributed by atoms with van der Waals surface area (Å²) < 4.78 is 4.96. The van der Waals surface area contributed by atoms with Gasteiger partial charge in [-0.25, -0.2) is 0 Å². The molecule has 0 radical (unpaired) electrons. The number of rotatable bonds is 9. The molecule has 2 nitrogen and oxygen atoms in total. The van der Waals surface area contributed by atoms with Crippen LogP contribution in [0.5, 0.6) is 0 Å². The summed E-state index contributed by atoms with van der Waals surface area (Å²) >= 11 is 0. The first-order valence-corrected chi connectivity index (χ1v) is 27.9. The Morgan fingerprint density at radius 3 is 1.81 bits per heavy atom. The van der Waals surface area contributed by atoms with Crippen molar-refractivity contribution in [2.45, 2.75) is 32.1 Å². The molecular weight excluding hydrogens is 953 g/mol. The maximum absolute atomic E-state index is 2.49. The lowest BCUT2D eigenvalue weighted by molar-refractivity contribution is 0.942. The van der Waals surface area contributed by atoms with Gasteiger partial charge in [0, 0.05) is 32.9 Å². The van der Waals surface area contributed by atoms with Gasteiger partial charge < -0.3 is 9.13 Å². The van der Waals surface area contributed by atoms with Crippen molar-refractivity contribution in [1.82, 2.24) is 9.13 Å². The van der Waals surface area contributed by atoms with E-state index in [-0.39, 0.29) is 0 Å². The second-order valence-corrected chi connectivity index (χ2v) is 21.4. The van der Waals surface area contributed by atoms with E-state index in [0.717, 1.165) is 37.8 Å². The van der Waals surface area contributed by atoms with E-state index in [4.69, 9.17) is 0 Å². The minimum Gasteiger partial charge on any atom is -0.309 e. The van der Waals surface area contributed by atoms with Gasteiger partial charge >= 0.3 is 0 Å². The van der Waals surface area contributed by atoms with Crippen LogP contribution in [0.1, 0.15) is 52.6 Å². The van der Waals surface area contributed by atoms with Gasteiger partial charge in [0.15, 0.2) is 0 Å². The van der Waals surface area contributed by atoms with E-state index >= 15 is 0 Å². The first-order chi connectivity index (χ1) is 39.2. The average Bonchev–Trinajstić information content (AvgIpc) is 4.29. The van der Waals surface area contributed by atoms with Crippen molar-refractivity contribution in [2.24, 2.45) is 0 Å². The molecule has 0 N–H and O–H groups in total. The molecule has 79 heavy (non-hydrogen) atoms. The number of benzene rings is 10. The van der Waals surface area contributed by atoms with E-state index in [0.29, 0.717) is 0 Å². The molecule has 0 fully saturated rings. The molecule has 0 saturated heterocycles. The molecule has 374 valence electrons. The van der Waals surface area contributed by atoms with E-state index in [1.165, 1.54) is 133 Å². The van der Waals surface area contributed by atoms with E-state index in [1.54, 1.807) is 5.57 Å². The number of nitrogens with zero attached hydrogens (tertiary/aromatic N) is 2. The van der Waals surface area contributed by atoms with Gasteiger partial charge in [-0.3, -0.25) is 0 Å². The van der Waals surface area contributed by atoms with Crippen molar-refractivity contribution >= 4 is 66.0 Å². The van der Waals surface area contributed by atoms with Crippen molar-refractivity contribution in [3.05, 3.63) is 318 Å². The number of hydrogen-bond acceptors (Lipinski definition) is 0. The molecular formula is C77H56N2. The summed E-state index contributed by atoms with van der Waals surface area (Å²) in [5.74, 6) is 0. The Bertz CT molecular complexity index is 4600. The molecule has 2 heterocycles. The highest BCUT2D eigenvalue weighted by atomic mass is 15.0. The Hall–Kier alpha value is -9.76. The number of para-hydroxylation sites is 2. The van der Waals surface area contributed by atoms with Crippen LogP contribution in [0.2, 0.25) is 0 Å². The zero-order valence-electron chi connectivity index (χ0n) is 44.0. The van der Waals surface area contributed by atoms with E-state index in [1.807, 2.05) is 0 Å². The van der Waals surface area contributed by atoms with Gasteiger partial charge in [0.05, 0.1) is 22.1 Å². The number of aromatic nitrogens is 2. The van der Waals surface area contributed by atoms with Crippen LogP contribution < -0.4 is 0 Å². The summed E-state index contributed by atoms with van der Waals surface area (Å²) in [5.41, 5.74) is 28.0. The van der Waals surface area contributed by atoms with Gasteiger partial charge in [0.2, 0.25) is 0 Å². The smallest absolute Gasteiger partial charge is 0.0542 e. The monoisotopic (exact) mass is 1010 g/mol. The van der Waals surface area contributed by atoms with E-state index in [9.17, 15) is 0 Å². The largest absolute Gasteiger partial charge is 0.309 e. The van der Waals surface area contributed by atoms with Gasteiger partial charge in [-0.2, -0.15) is 0 Å². The van der Waals surface area contributed by atoms with Crippen LogP contribution in [-0.2, 0) is 12.8 Å². The van der Waals surface area contributed by atoms with Crippen LogP contribution in [0, 0.1) is 0 Å². The molecule has 0 atom stereocenters. The molecule has 0 amide bonds. The van der Waals surface area contributed by atoms with Gasteiger partial charge in [0.1, 0.15) is 0 Å². The summed E-state index contributed by atoms with van der Waals surface area (Å²) in [5, 5.41) is 5.04. The van der Waals surface area contributed by atoms with Crippen molar-refractivity contribution in [2.75, 3.05) is 0 Å². The van der Waals surface area contributed by atoms with Crippen LogP contribution in [0.25, 0.3) is 105 Å². The summed E-state index contributed by atoms with van der Waals surface area (Å²) in [6.07, 6.45) is 21.2. The fourth-order valence-electron chi connectivity index (χ4n) is 13.1. The van der Waals surface area contributed by atoms with Crippen LogP contribution in [0.15, 0.2) is 285 Å². The first kappa shape index (κ1) is 46.5. The first-order valence-electron chi connectivity index (χ1n) is 27.9. The predicted octanol–water partition coefficient (Wildman–Crippen LogP) is 20.1. The Balaban J connectivity index is 0.755.